The minimum absolute atomic E-state index is 0.0738. The van der Waals surface area contributed by atoms with E-state index in [1.807, 2.05) is 18.7 Å². The van der Waals surface area contributed by atoms with Gasteiger partial charge in [0, 0.05) is 63.8 Å². The molecule has 0 aromatic carbocycles. The van der Waals surface area contributed by atoms with Crippen molar-refractivity contribution in [3.05, 3.63) is 0 Å². The molecule has 1 saturated heterocycles. The van der Waals surface area contributed by atoms with Crippen LogP contribution in [0.2, 0.25) is 0 Å². The van der Waals surface area contributed by atoms with Gasteiger partial charge in [-0.15, -0.1) is 0 Å². The molecule has 0 radical (unpaired) electrons. The Bertz CT molecular complexity index is 942. The second kappa shape index (κ2) is 22.0. The Morgan fingerprint density at radius 1 is 0.696 bits per heavy atom. The zero-order valence-corrected chi connectivity index (χ0v) is 30.2. The van der Waals surface area contributed by atoms with Gasteiger partial charge in [0.25, 0.3) is 5.91 Å². The molecule has 1 heterocycles. The molecule has 0 aliphatic carbocycles. The van der Waals surface area contributed by atoms with Crippen molar-refractivity contribution in [3.63, 3.8) is 0 Å². The molecule has 0 aromatic heterocycles. The lowest BCUT2D eigenvalue weighted by molar-refractivity contribution is -0.166. The third-order valence-corrected chi connectivity index (χ3v) is 8.92. The van der Waals surface area contributed by atoms with Crippen LogP contribution < -0.4 is 5.32 Å². The molecule has 46 heavy (non-hydrogen) atoms. The molecule has 266 valence electrons. The first-order valence-electron chi connectivity index (χ1n) is 17.9. The summed E-state index contributed by atoms with van der Waals surface area (Å²) in [4.78, 5) is 65.5. The lowest BCUT2D eigenvalue weighted by Gasteiger charge is -2.38. The summed E-state index contributed by atoms with van der Waals surface area (Å²) in [6.45, 7) is 14.0. The average Bonchev–Trinajstić information content (AvgIpc) is 3.00. The van der Waals surface area contributed by atoms with Crippen molar-refractivity contribution in [2.45, 2.75) is 151 Å². The Labute approximate surface area is 279 Å². The van der Waals surface area contributed by atoms with Gasteiger partial charge in [0.05, 0.1) is 0 Å². The summed E-state index contributed by atoms with van der Waals surface area (Å²) in [5.74, 6) is -1.64. The molecule has 10 heteroatoms. The predicted molar refractivity (Wildman–Crippen MR) is 181 cm³/mol. The molecule has 1 fully saturated rings. The van der Waals surface area contributed by atoms with Crippen LogP contribution >= 0.6 is 0 Å². The van der Waals surface area contributed by atoms with E-state index in [2.05, 4.69) is 12.2 Å². The third-order valence-electron chi connectivity index (χ3n) is 8.92. The maximum atomic E-state index is 13.3. The number of esters is 2. The number of hydrogen-bond donors (Lipinski definition) is 1. The zero-order chi connectivity index (χ0) is 34.6. The Hall–Kier alpha value is -2.65. The molecule has 0 bridgehead atoms. The van der Waals surface area contributed by atoms with Gasteiger partial charge in [-0.3, -0.25) is 24.0 Å². The zero-order valence-electron chi connectivity index (χ0n) is 30.2. The van der Waals surface area contributed by atoms with Gasteiger partial charge < -0.3 is 24.6 Å². The molecule has 1 rings (SSSR count). The summed E-state index contributed by atoms with van der Waals surface area (Å²) < 4.78 is 10.3. The van der Waals surface area contributed by atoms with E-state index in [-0.39, 0.29) is 31.4 Å². The number of carbonyl (C=O) groups is 5. The number of hydrogen-bond acceptors (Lipinski definition) is 7. The van der Waals surface area contributed by atoms with Gasteiger partial charge in [0.2, 0.25) is 11.8 Å². The minimum Gasteiger partial charge on any atom is -0.465 e. The summed E-state index contributed by atoms with van der Waals surface area (Å²) in [7, 11) is 0. The number of unbranched alkanes of at least 4 members (excludes halogenated alkanes) is 12. The number of piperazine rings is 1. The highest BCUT2D eigenvalue weighted by Gasteiger charge is 2.39. The summed E-state index contributed by atoms with van der Waals surface area (Å²) in [6.07, 6.45) is 16.7. The first-order chi connectivity index (χ1) is 21.7. The van der Waals surface area contributed by atoms with Gasteiger partial charge in [0.15, 0.2) is 6.10 Å². The highest BCUT2D eigenvalue weighted by molar-refractivity contribution is 5.85. The van der Waals surface area contributed by atoms with Crippen molar-refractivity contribution in [1.29, 1.82) is 0 Å². The summed E-state index contributed by atoms with van der Waals surface area (Å²) in [6, 6.07) is 0. The summed E-state index contributed by atoms with van der Waals surface area (Å²) in [5.41, 5.74) is -1.38. The van der Waals surface area contributed by atoms with Crippen molar-refractivity contribution in [2.75, 3.05) is 39.3 Å². The van der Waals surface area contributed by atoms with E-state index in [4.69, 9.17) is 9.47 Å². The van der Waals surface area contributed by atoms with Crippen LogP contribution in [0.5, 0.6) is 0 Å². The SMILES string of the molecule is CCCCCCCCCCCCCCCC(C)(C)C(=O)N1CCN(C(=O)CCNC(=O)C(OC(C)=O)C(C)(C)COC(C)=O)CC1. The maximum Gasteiger partial charge on any atom is 0.303 e. The molecule has 3 amide bonds. The number of nitrogens with one attached hydrogen (secondary N) is 1. The van der Waals surface area contributed by atoms with Crippen LogP contribution in [0, 0.1) is 10.8 Å². The van der Waals surface area contributed by atoms with E-state index in [0.29, 0.717) is 26.2 Å². The van der Waals surface area contributed by atoms with Crippen LogP contribution in [-0.2, 0) is 33.4 Å². The molecule has 0 aromatic rings. The minimum atomic E-state index is -1.18. The molecule has 0 spiro atoms. The van der Waals surface area contributed by atoms with Gasteiger partial charge >= 0.3 is 11.9 Å². The van der Waals surface area contributed by atoms with Crippen LogP contribution in [0.1, 0.15) is 145 Å². The largest absolute Gasteiger partial charge is 0.465 e. The smallest absolute Gasteiger partial charge is 0.303 e. The number of ether oxygens (including phenoxy) is 2. The van der Waals surface area contributed by atoms with Gasteiger partial charge in [-0.1, -0.05) is 118 Å². The van der Waals surface area contributed by atoms with Crippen molar-refractivity contribution in [1.82, 2.24) is 15.1 Å². The molecule has 1 atom stereocenters. The van der Waals surface area contributed by atoms with Gasteiger partial charge in [-0.2, -0.15) is 0 Å². The fourth-order valence-corrected chi connectivity index (χ4v) is 5.92. The van der Waals surface area contributed by atoms with E-state index in [9.17, 15) is 24.0 Å². The van der Waals surface area contributed by atoms with Crippen LogP contribution in [0.15, 0.2) is 0 Å². The number of amides is 3. The monoisotopic (exact) mass is 651 g/mol. The Morgan fingerprint density at radius 2 is 1.17 bits per heavy atom. The first-order valence-corrected chi connectivity index (χ1v) is 17.9. The van der Waals surface area contributed by atoms with E-state index in [1.165, 1.54) is 84.5 Å². The molecular weight excluding hydrogens is 586 g/mol. The van der Waals surface area contributed by atoms with E-state index in [1.54, 1.807) is 18.7 Å². The average molecular weight is 652 g/mol. The standard InChI is InChI=1S/C36H65N3O7/c1-8-9-10-11-12-13-14-15-16-17-18-19-20-22-35(4,5)34(44)39-26-24-38(25-27-39)31(42)21-23-37-33(43)32(46-30(3)41)36(6,7)28-45-29(2)40/h32H,8-28H2,1-7H3,(H,37,43). The van der Waals surface area contributed by atoms with Gasteiger partial charge in [0.1, 0.15) is 6.61 Å². The normalized spacial score (nSPS) is 14.5. The van der Waals surface area contributed by atoms with Crippen molar-refractivity contribution in [3.8, 4) is 0 Å². The second-order valence-electron chi connectivity index (χ2n) is 14.3. The third kappa shape index (κ3) is 16.8. The lowest BCUT2D eigenvalue weighted by Crippen LogP contribution is -2.54. The van der Waals surface area contributed by atoms with E-state index in [0.717, 1.165) is 19.3 Å². The van der Waals surface area contributed by atoms with Crippen molar-refractivity contribution in [2.24, 2.45) is 10.8 Å². The fraction of sp³-hybridized carbons (Fsp3) is 0.861. The lowest BCUT2D eigenvalue weighted by atomic mass is 9.85. The van der Waals surface area contributed by atoms with Gasteiger partial charge in [-0.05, 0) is 6.42 Å². The van der Waals surface area contributed by atoms with Crippen LogP contribution in [-0.4, -0.2) is 84.9 Å². The molecule has 1 unspecified atom stereocenters. The molecule has 1 aliphatic rings. The Balaban J connectivity index is 2.33. The molecule has 10 nitrogen and oxygen atoms in total. The molecular formula is C36H65N3O7. The molecule has 1 N–H and O–H groups in total. The van der Waals surface area contributed by atoms with Crippen molar-refractivity contribution >= 4 is 29.7 Å². The maximum absolute atomic E-state index is 13.3. The second-order valence-corrected chi connectivity index (χ2v) is 14.3. The number of nitrogens with zero attached hydrogens (tertiary/aromatic N) is 2. The summed E-state index contributed by atoms with van der Waals surface area (Å²) >= 11 is 0. The number of rotatable bonds is 23. The fourth-order valence-electron chi connectivity index (χ4n) is 5.92. The quantitative estimate of drug-likeness (QED) is 0.103. The van der Waals surface area contributed by atoms with Crippen LogP contribution in [0.3, 0.4) is 0 Å². The molecule has 1 aliphatic heterocycles. The Kier molecular flexibility index (Phi) is 19.8. The van der Waals surface area contributed by atoms with E-state index < -0.39 is 34.8 Å². The summed E-state index contributed by atoms with van der Waals surface area (Å²) in [5, 5.41) is 2.68. The first kappa shape index (κ1) is 41.4. The number of carbonyl (C=O) groups excluding carboxylic acids is 5. The highest BCUT2D eigenvalue weighted by atomic mass is 16.6. The van der Waals surface area contributed by atoms with Crippen LogP contribution in [0.25, 0.3) is 0 Å². The van der Waals surface area contributed by atoms with Crippen molar-refractivity contribution < 1.29 is 33.4 Å². The predicted octanol–water partition coefficient (Wildman–Crippen LogP) is 6.19. The molecule has 0 saturated carbocycles. The highest BCUT2D eigenvalue weighted by Crippen LogP contribution is 2.28. The van der Waals surface area contributed by atoms with Gasteiger partial charge in [-0.25, -0.2) is 0 Å². The van der Waals surface area contributed by atoms with E-state index >= 15 is 0 Å². The topological polar surface area (TPSA) is 122 Å². The van der Waals surface area contributed by atoms with Crippen LogP contribution in [0.4, 0.5) is 0 Å². The Morgan fingerprint density at radius 3 is 1.65 bits per heavy atom.